The van der Waals surface area contributed by atoms with Gasteiger partial charge in [0.05, 0.1) is 0 Å². The number of carboxylic acid groups (broad SMARTS) is 1. The van der Waals surface area contributed by atoms with Crippen LogP contribution in [-0.2, 0) is 11.2 Å². The summed E-state index contributed by atoms with van der Waals surface area (Å²) in [5, 5.41) is 14.3. The molecular formula is C15H22N2O3. The second-order valence-electron chi connectivity index (χ2n) is 4.85. The van der Waals surface area contributed by atoms with E-state index < -0.39 is 18.0 Å². The molecule has 1 rings (SSSR count). The van der Waals surface area contributed by atoms with Crippen molar-refractivity contribution in [1.29, 1.82) is 0 Å². The van der Waals surface area contributed by atoms with E-state index in [4.69, 9.17) is 5.11 Å². The summed E-state index contributed by atoms with van der Waals surface area (Å²) in [5.41, 5.74) is 1.77. The highest BCUT2D eigenvalue weighted by molar-refractivity contribution is 5.92. The standard InChI is InChI=1S/C15H22N2O3/c1-4-10(3)13(14(18)19)17-15(20)16-12-8-6-7-11(5-2)9-12/h6-10,13H,4-5H2,1-3H3,(H,18,19)(H2,16,17,20)/t10?,13-/m0/s1. The molecule has 1 unspecified atom stereocenters. The Morgan fingerprint density at radius 3 is 2.55 bits per heavy atom. The Hall–Kier alpha value is -2.04. The molecule has 3 N–H and O–H groups in total. The summed E-state index contributed by atoms with van der Waals surface area (Å²) in [7, 11) is 0. The maximum Gasteiger partial charge on any atom is 0.326 e. The highest BCUT2D eigenvalue weighted by Crippen LogP contribution is 2.12. The van der Waals surface area contributed by atoms with Crippen LogP contribution in [0.4, 0.5) is 10.5 Å². The third-order valence-electron chi connectivity index (χ3n) is 3.36. The van der Waals surface area contributed by atoms with Gasteiger partial charge in [-0.3, -0.25) is 0 Å². The van der Waals surface area contributed by atoms with Crippen LogP contribution in [0.3, 0.4) is 0 Å². The molecule has 0 radical (unpaired) electrons. The van der Waals surface area contributed by atoms with Gasteiger partial charge in [0.1, 0.15) is 6.04 Å². The minimum atomic E-state index is -1.02. The molecule has 1 aromatic rings. The third kappa shape index (κ3) is 4.57. The van der Waals surface area contributed by atoms with Gasteiger partial charge < -0.3 is 15.7 Å². The molecule has 20 heavy (non-hydrogen) atoms. The Labute approximate surface area is 119 Å². The number of hydrogen-bond donors (Lipinski definition) is 3. The minimum absolute atomic E-state index is 0.125. The Bertz CT molecular complexity index is 474. The Balaban J connectivity index is 2.68. The first kappa shape index (κ1) is 16.0. The van der Waals surface area contributed by atoms with Crippen LogP contribution < -0.4 is 10.6 Å². The fraction of sp³-hybridized carbons (Fsp3) is 0.467. The fourth-order valence-corrected chi connectivity index (χ4v) is 1.86. The van der Waals surface area contributed by atoms with E-state index in [1.165, 1.54) is 0 Å². The van der Waals surface area contributed by atoms with E-state index in [1.807, 2.05) is 32.0 Å². The monoisotopic (exact) mass is 278 g/mol. The summed E-state index contributed by atoms with van der Waals surface area (Å²) < 4.78 is 0. The number of rotatable bonds is 6. The van der Waals surface area contributed by atoms with Gasteiger partial charge >= 0.3 is 12.0 Å². The number of urea groups is 1. The number of amides is 2. The van der Waals surface area contributed by atoms with Crippen LogP contribution >= 0.6 is 0 Å². The van der Waals surface area contributed by atoms with E-state index in [1.54, 1.807) is 13.0 Å². The van der Waals surface area contributed by atoms with Crippen LogP contribution in [0, 0.1) is 5.92 Å². The highest BCUT2D eigenvalue weighted by Gasteiger charge is 2.25. The SMILES string of the molecule is CCc1cccc(NC(=O)N[C@H](C(=O)O)C(C)CC)c1. The summed E-state index contributed by atoms with van der Waals surface area (Å²) in [6.45, 7) is 5.73. The van der Waals surface area contributed by atoms with Gasteiger partial charge in [-0.2, -0.15) is 0 Å². The molecule has 0 saturated heterocycles. The molecule has 0 spiro atoms. The van der Waals surface area contributed by atoms with Crippen LogP contribution in [0.15, 0.2) is 24.3 Å². The largest absolute Gasteiger partial charge is 0.480 e. The Morgan fingerprint density at radius 1 is 1.30 bits per heavy atom. The maximum atomic E-state index is 11.9. The Morgan fingerprint density at radius 2 is 2.00 bits per heavy atom. The molecule has 2 amide bonds. The molecule has 0 fully saturated rings. The van der Waals surface area contributed by atoms with Crippen molar-refractivity contribution in [3.05, 3.63) is 29.8 Å². The molecule has 0 aliphatic heterocycles. The second-order valence-corrected chi connectivity index (χ2v) is 4.85. The van der Waals surface area contributed by atoms with Gasteiger partial charge in [-0.05, 0) is 30.0 Å². The van der Waals surface area contributed by atoms with Crippen LogP contribution in [0.5, 0.6) is 0 Å². The number of nitrogens with one attached hydrogen (secondary N) is 2. The lowest BCUT2D eigenvalue weighted by atomic mass is 9.99. The van der Waals surface area contributed by atoms with Crippen molar-refractivity contribution in [3.8, 4) is 0 Å². The molecule has 1 aromatic carbocycles. The normalized spacial score (nSPS) is 13.3. The predicted octanol–water partition coefficient (Wildman–Crippen LogP) is 2.87. The van der Waals surface area contributed by atoms with Crippen molar-refractivity contribution < 1.29 is 14.7 Å². The number of benzene rings is 1. The number of aryl methyl sites for hydroxylation is 1. The van der Waals surface area contributed by atoms with Crippen LogP contribution in [0.1, 0.15) is 32.8 Å². The molecule has 0 aromatic heterocycles. The lowest BCUT2D eigenvalue weighted by Crippen LogP contribution is -2.46. The summed E-state index contributed by atoms with van der Waals surface area (Å²) in [6, 6.07) is 6.11. The van der Waals surface area contributed by atoms with Gasteiger partial charge in [0.25, 0.3) is 0 Å². The van der Waals surface area contributed by atoms with E-state index in [0.717, 1.165) is 12.0 Å². The first-order valence-corrected chi connectivity index (χ1v) is 6.87. The first-order valence-electron chi connectivity index (χ1n) is 6.87. The highest BCUT2D eigenvalue weighted by atomic mass is 16.4. The van der Waals surface area contributed by atoms with Crippen molar-refractivity contribution in [3.63, 3.8) is 0 Å². The molecule has 5 heteroatoms. The van der Waals surface area contributed by atoms with Gasteiger partial charge in [0.15, 0.2) is 0 Å². The van der Waals surface area contributed by atoms with Gasteiger partial charge in [-0.15, -0.1) is 0 Å². The third-order valence-corrected chi connectivity index (χ3v) is 3.36. The van der Waals surface area contributed by atoms with Crippen LogP contribution in [-0.4, -0.2) is 23.1 Å². The number of anilines is 1. The smallest absolute Gasteiger partial charge is 0.326 e. The fourth-order valence-electron chi connectivity index (χ4n) is 1.86. The van der Waals surface area contributed by atoms with Crippen molar-refractivity contribution in [2.45, 2.75) is 39.7 Å². The van der Waals surface area contributed by atoms with Crippen LogP contribution in [0.25, 0.3) is 0 Å². The molecule has 110 valence electrons. The number of aliphatic carboxylic acids is 1. The van der Waals surface area contributed by atoms with E-state index in [-0.39, 0.29) is 5.92 Å². The van der Waals surface area contributed by atoms with Crippen molar-refractivity contribution in [2.24, 2.45) is 5.92 Å². The van der Waals surface area contributed by atoms with Gasteiger partial charge in [-0.25, -0.2) is 9.59 Å². The number of hydrogen-bond acceptors (Lipinski definition) is 2. The van der Waals surface area contributed by atoms with E-state index in [0.29, 0.717) is 12.1 Å². The van der Waals surface area contributed by atoms with Crippen LogP contribution in [0.2, 0.25) is 0 Å². The summed E-state index contributed by atoms with van der Waals surface area (Å²) in [4.78, 5) is 23.0. The molecule has 0 saturated carbocycles. The lowest BCUT2D eigenvalue weighted by molar-refractivity contribution is -0.140. The summed E-state index contributed by atoms with van der Waals surface area (Å²) in [6.07, 6.45) is 1.56. The Kier molecular flexibility index (Phi) is 6.03. The topological polar surface area (TPSA) is 78.4 Å². The van der Waals surface area contributed by atoms with Crippen molar-refractivity contribution in [1.82, 2.24) is 5.32 Å². The number of carbonyl (C=O) groups excluding carboxylic acids is 1. The van der Waals surface area contributed by atoms with Gasteiger partial charge in [-0.1, -0.05) is 39.3 Å². The average Bonchev–Trinajstić information content (AvgIpc) is 2.43. The zero-order valence-corrected chi connectivity index (χ0v) is 12.1. The zero-order valence-electron chi connectivity index (χ0n) is 12.1. The van der Waals surface area contributed by atoms with E-state index in [9.17, 15) is 9.59 Å². The van der Waals surface area contributed by atoms with E-state index in [2.05, 4.69) is 10.6 Å². The average molecular weight is 278 g/mol. The number of carbonyl (C=O) groups is 2. The van der Waals surface area contributed by atoms with Crippen molar-refractivity contribution >= 4 is 17.7 Å². The summed E-state index contributed by atoms with van der Waals surface area (Å²) in [5.74, 6) is -1.14. The van der Waals surface area contributed by atoms with Gasteiger partial charge in [0, 0.05) is 5.69 Å². The molecule has 0 aliphatic carbocycles. The second kappa shape index (κ2) is 7.53. The molecule has 2 atom stereocenters. The van der Waals surface area contributed by atoms with Gasteiger partial charge in [0.2, 0.25) is 0 Å². The quantitative estimate of drug-likeness (QED) is 0.748. The molecular weight excluding hydrogens is 256 g/mol. The maximum absolute atomic E-state index is 11.9. The zero-order chi connectivity index (χ0) is 15.1. The van der Waals surface area contributed by atoms with E-state index >= 15 is 0 Å². The molecule has 0 bridgehead atoms. The molecule has 0 heterocycles. The first-order chi connectivity index (χ1) is 9.47. The summed E-state index contributed by atoms with van der Waals surface area (Å²) >= 11 is 0. The predicted molar refractivity (Wildman–Crippen MR) is 78.9 cm³/mol. The lowest BCUT2D eigenvalue weighted by Gasteiger charge is -2.20. The number of carboxylic acids is 1. The molecule has 5 nitrogen and oxygen atoms in total. The minimum Gasteiger partial charge on any atom is -0.480 e. The molecule has 0 aliphatic rings. The van der Waals surface area contributed by atoms with Crippen molar-refractivity contribution in [2.75, 3.05) is 5.32 Å².